The van der Waals surface area contributed by atoms with E-state index in [1.807, 2.05) is 32.0 Å². The fourth-order valence-corrected chi connectivity index (χ4v) is 1.28. The lowest BCUT2D eigenvalue weighted by Crippen LogP contribution is -2.01. The quantitative estimate of drug-likeness (QED) is 0.742. The number of aromatic nitrogens is 1. The van der Waals surface area contributed by atoms with Crippen molar-refractivity contribution in [3.05, 3.63) is 41.7 Å². The van der Waals surface area contributed by atoms with E-state index in [0.717, 1.165) is 23.4 Å². The summed E-state index contributed by atoms with van der Waals surface area (Å²) in [5.74, 6) is 0. The lowest BCUT2D eigenvalue weighted by molar-refractivity contribution is 0.163. The molecule has 0 radical (unpaired) electrons. The number of aliphatic hydroxyl groups is 1. The molecule has 1 atom stereocenters. The summed E-state index contributed by atoms with van der Waals surface area (Å²) < 4.78 is 0. The highest BCUT2D eigenvalue weighted by Gasteiger charge is 2.08. The van der Waals surface area contributed by atoms with Crippen LogP contribution in [0, 0.1) is 6.92 Å². The van der Waals surface area contributed by atoms with E-state index in [1.165, 1.54) is 0 Å². The van der Waals surface area contributed by atoms with Gasteiger partial charge in [-0.15, -0.1) is 6.58 Å². The fourth-order valence-electron chi connectivity index (χ4n) is 1.28. The Hall–Kier alpha value is -1.15. The van der Waals surface area contributed by atoms with Crippen LogP contribution in [0.1, 0.15) is 37.3 Å². The van der Waals surface area contributed by atoms with Crippen molar-refractivity contribution in [2.24, 2.45) is 0 Å². The molecule has 0 saturated heterocycles. The normalized spacial score (nSPS) is 12.5. The van der Waals surface area contributed by atoms with Crippen LogP contribution >= 0.6 is 0 Å². The molecule has 0 amide bonds. The van der Waals surface area contributed by atoms with Gasteiger partial charge in [0.1, 0.15) is 0 Å². The monoisotopic (exact) mass is 191 g/mol. The highest BCUT2D eigenvalue weighted by molar-refractivity contribution is 5.12. The molecule has 0 aliphatic heterocycles. The first-order chi connectivity index (χ1) is 6.59. The predicted molar refractivity (Wildman–Crippen MR) is 58.0 cm³/mol. The van der Waals surface area contributed by atoms with Gasteiger partial charge in [0.15, 0.2) is 0 Å². The van der Waals surface area contributed by atoms with Crippen LogP contribution in [0.25, 0.3) is 0 Å². The Morgan fingerprint density at radius 2 is 2.29 bits per heavy atom. The topological polar surface area (TPSA) is 33.1 Å². The maximum atomic E-state index is 9.79. The van der Waals surface area contributed by atoms with E-state index in [4.69, 9.17) is 0 Å². The van der Waals surface area contributed by atoms with Crippen LogP contribution in [0.5, 0.6) is 0 Å². The summed E-state index contributed by atoms with van der Waals surface area (Å²) in [6, 6.07) is 5.70. The van der Waals surface area contributed by atoms with Gasteiger partial charge in [0.25, 0.3) is 0 Å². The van der Waals surface area contributed by atoms with Crippen LogP contribution < -0.4 is 0 Å². The molecule has 0 aliphatic carbocycles. The van der Waals surface area contributed by atoms with Crippen molar-refractivity contribution >= 4 is 0 Å². The van der Waals surface area contributed by atoms with E-state index >= 15 is 0 Å². The van der Waals surface area contributed by atoms with E-state index in [0.29, 0.717) is 6.42 Å². The molecule has 76 valence electrons. The summed E-state index contributed by atoms with van der Waals surface area (Å²) in [5, 5.41) is 9.79. The van der Waals surface area contributed by atoms with Crippen molar-refractivity contribution in [1.29, 1.82) is 0 Å². The summed E-state index contributed by atoms with van der Waals surface area (Å²) in [5.41, 5.74) is 2.79. The van der Waals surface area contributed by atoms with Gasteiger partial charge in [0.05, 0.1) is 11.8 Å². The van der Waals surface area contributed by atoms with Gasteiger partial charge in [-0.25, -0.2) is 0 Å². The van der Waals surface area contributed by atoms with Gasteiger partial charge in [-0.2, -0.15) is 0 Å². The number of pyridine rings is 1. The zero-order valence-electron chi connectivity index (χ0n) is 8.83. The van der Waals surface area contributed by atoms with E-state index < -0.39 is 6.10 Å². The number of nitrogens with zero attached hydrogens (tertiary/aromatic N) is 1. The maximum absolute atomic E-state index is 9.79. The molecular weight excluding hydrogens is 174 g/mol. The second-order valence-corrected chi connectivity index (χ2v) is 3.72. The molecule has 2 nitrogen and oxygen atoms in total. The average molecular weight is 191 g/mol. The minimum absolute atomic E-state index is 0.466. The first kappa shape index (κ1) is 10.9. The van der Waals surface area contributed by atoms with Crippen LogP contribution in [0.3, 0.4) is 0 Å². The zero-order chi connectivity index (χ0) is 10.6. The van der Waals surface area contributed by atoms with Crippen molar-refractivity contribution < 1.29 is 5.11 Å². The third-order valence-electron chi connectivity index (χ3n) is 2.10. The van der Waals surface area contributed by atoms with Crippen molar-refractivity contribution in [2.45, 2.75) is 32.8 Å². The number of hydrogen-bond donors (Lipinski definition) is 1. The lowest BCUT2D eigenvalue weighted by atomic mass is 10.1. The van der Waals surface area contributed by atoms with E-state index in [9.17, 15) is 5.11 Å². The van der Waals surface area contributed by atoms with Crippen LogP contribution in [0.2, 0.25) is 0 Å². The van der Waals surface area contributed by atoms with Gasteiger partial charge in [0.2, 0.25) is 0 Å². The van der Waals surface area contributed by atoms with Crippen LogP contribution in [-0.4, -0.2) is 10.1 Å². The van der Waals surface area contributed by atoms with Crippen molar-refractivity contribution in [3.8, 4) is 0 Å². The Kier molecular flexibility index (Phi) is 3.84. The Balaban J connectivity index is 2.60. The number of hydrogen-bond acceptors (Lipinski definition) is 2. The summed E-state index contributed by atoms with van der Waals surface area (Å²) in [6.07, 6.45) is 1.08. The first-order valence-electron chi connectivity index (χ1n) is 4.85. The second-order valence-electron chi connectivity index (χ2n) is 3.72. The molecule has 1 N–H and O–H groups in total. The van der Waals surface area contributed by atoms with Crippen molar-refractivity contribution in [3.63, 3.8) is 0 Å². The molecule has 1 heterocycles. The molecule has 0 aliphatic rings. The highest BCUT2D eigenvalue weighted by Crippen LogP contribution is 2.18. The van der Waals surface area contributed by atoms with E-state index in [-0.39, 0.29) is 0 Å². The minimum Gasteiger partial charge on any atom is -0.387 e. The summed E-state index contributed by atoms with van der Waals surface area (Å²) in [6.45, 7) is 7.70. The Labute approximate surface area is 85.3 Å². The second kappa shape index (κ2) is 4.91. The zero-order valence-corrected chi connectivity index (χ0v) is 8.83. The van der Waals surface area contributed by atoms with Gasteiger partial charge in [-0.3, -0.25) is 4.98 Å². The molecule has 1 unspecified atom stereocenters. The average Bonchev–Trinajstić information content (AvgIpc) is 2.14. The molecule has 0 spiro atoms. The number of aryl methyl sites for hydroxylation is 1. The third kappa shape index (κ3) is 3.30. The SMILES string of the molecule is C=C(C)CCC(O)c1cccc(C)n1. The standard InChI is InChI=1S/C12H17NO/c1-9(2)7-8-12(14)11-6-4-5-10(3)13-11/h4-6,12,14H,1,7-8H2,2-3H3. The Bertz CT molecular complexity index is 320. The molecule has 0 saturated carbocycles. The predicted octanol–water partition coefficient (Wildman–Crippen LogP) is 2.78. The van der Waals surface area contributed by atoms with Gasteiger partial charge < -0.3 is 5.11 Å². The summed E-state index contributed by atoms with van der Waals surface area (Å²) in [7, 11) is 0. The maximum Gasteiger partial charge on any atom is 0.0962 e. The number of rotatable bonds is 4. The Morgan fingerprint density at radius 1 is 1.57 bits per heavy atom. The summed E-state index contributed by atoms with van der Waals surface area (Å²) in [4.78, 5) is 4.27. The molecule has 0 aromatic carbocycles. The first-order valence-corrected chi connectivity index (χ1v) is 4.85. The summed E-state index contributed by atoms with van der Waals surface area (Å²) >= 11 is 0. The Morgan fingerprint density at radius 3 is 2.86 bits per heavy atom. The van der Waals surface area contributed by atoms with Gasteiger partial charge in [0, 0.05) is 5.69 Å². The number of aliphatic hydroxyl groups excluding tert-OH is 1. The molecule has 1 aromatic rings. The molecular formula is C12H17NO. The van der Waals surface area contributed by atoms with Gasteiger partial charge >= 0.3 is 0 Å². The molecule has 1 rings (SSSR count). The largest absolute Gasteiger partial charge is 0.387 e. The molecule has 14 heavy (non-hydrogen) atoms. The van der Waals surface area contributed by atoms with Crippen molar-refractivity contribution in [2.75, 3.05) is 0 Å². The molecule has 0 bridgehead atoms. The van der Waals surface area contributed by atoms with E-state index in [2.05, 4.69) is 11.6 Å². The smallest absolute Gasteiger partial charge is 0.0962 e. The number of allylic oxidation sites excluding steroid dienone is 1. The van der Waals surface area contributed by atoms with Crippen molar-refractivity contribution in [1.82, 2.24) is 4.98 Å². The molecule has 2 heteroatoms. The minimum atomic E-state index is -0.466. The van der Waals surface area contributed by atoms with Crippen LogP contribution in [-0.2, 0) is 0 Å². The molecule has 1 aromatic heterocycles. The molecule has 0 fully saturated rings. The van der Waals surface area contributed by atoms with Gasteiger partial charge in [-0.05, 0) is 38.8 Å². The lowest BCUT2D eigenvalue weighted by Gasteiger charge is -2.10. The fraction of sp³-hybridized carbons (Fsp3) is 0.417. The van der Waals surface area contributed by atoms with Crippen LogP contribution in [0.15, 0.2) is 30.4 Å². The van der Waals surface area contributed by atoms with E-state index in [1.54, 1.807) is 0 Å². The van der Waals surface area contributed by atoms with Crippen LogP contribution in [0.4, 0.5) is 0 Å². The van der Waals surface area contributed by atoms with Gasteiger partial charge in [-0.1, -0.05) is 11.6 Å². The highest BCUT2D eigenvalue weighted by atomic mass is 16.3. The third-order valence-corrected chi connectivity index (χ3v) is 2.10.